The lowest BCUT2D eigenvalue weighted by Gasteiger charge is -2.26. The number of nitrogens with zero attached hydrogens (tertiary/aromatic N) is 1. The number of methoxy groups -OCH3 is 1. The normalized spacial score (nSPS) is 13.9. The first-order valence-electron chi connectivity index (χ1n) is 9.83. The molecule has 6 heteroatoms. The third-order valence-corrected chi connectivity index (χ3v) is 5.32. The molecule has 0 unspecified atom stereocenters. The van der Waals surface area contributed by atoms with Gasteiger partial charge in [0.05, 0.1) is 19.2 Å². The van der Waals surface area contributed by atoms with Gasteiger partial charge in [-0.1, -0.05) is 12.1 Å². The van der Waals surface area contributed by atoms with E-state index in [1.54, 1.807) is 7.11 Å². The zero-order valence-corrected chi connectivity index (χ0v) is 17.1. The molecule has 1 aromatic carbocycles. The van der Waals surface area contributed by atoms with Crippen LogP contribution in [0.25, 0.3) is 0 Å². The van der Waals surface area contributed by atoms with E-state index in [0.29, 0.717) is 24.4 Å². The van der Waals surface area contributed by atoms with Gasteiger partial charge < -0.3 is 18.9 Å². The summed E-state index contributed by atoms with van der Waals surface area (Å²) < 4.78 is 16.7. The molecule has 1 aliphatic heterocycles. The second-order valence-electron chi connectivity index (χ2n) is 7.44. The van der Waals surface area contributed by atoms with Crippen LogP contribution in [0.1, 0.15) is 44.5 Å². The minimum Gasteiger partial charge on any atom is -0.497 e. The molecule has 0 aliphatic carbocycles. The number of fused-ring (bicyclic) bond motifs is 1. The average molecular weight is 394 g/mol. The summed E-state index contributed by atoms with van der Waals surface area (Å²) in [7, 11) is 1.67. The summed E-state index contributed by atoms with van der Waals surface area (Å²) in [5, 5.41) is 2.96. The van der Waals surface area contributed by atoms with Crippen LogP contribution >= 0.6 is 0 Å². The van der Waals surface area contributed by atoms with Crippen molar-refractivity contribution in [3.8, 4) is 5.75 Å². The molecule has 1 N–H and O–H groups in total. The molecule has 4 rings (SSSR count). The Morgan fingerprint density at radius 3 is 2.62 bits per heavy atom. The van der Waals surface area contributed by atoms with Crippen molar-refractivity contribution in [2.24, 2.45) is 0 Å². The fourth-order valence-electron chi connectivity index (χ4n) is 3.84. The average Bonchev–Trinajstić information content (AvgIpc) is 3.28. The van der Waals surface area contributed by atoms with Gasteiger partial charge in [-0.15, -0.1) is 0 Å². The van der Waals surface area contributed by atoms with E-state index >= 15 is 0 Å². The molecule has 3 heterocycles. The van der Waals surface area contributed by atoms with Crippen molar-refractivity contribution in [2.75, 3.05) is 13.7 Å². The van der Waals surface area contributed by atoms with Gasteiger partial charge in [0.15, 0.2) is 0 Å². The molecule has 0 bridgehead atoms. The highest BCUT2D eigenvalue weighted by atomic mass is 16.5. The molecule has 1 amide bonds. The van der Waals surface area contributed by atoms with E-state index in [4.69, 9.17) is 13.6 Å². The van der Waals surface area contributed by atoms with Crippen LogP contribution in [0.5, 0.6) is 5.75 Å². The van der Waals surface area contributed by atoms with Crippen molar-refractivity contribution in [1.82, 2.24) is 10.2 Å². The Kier molecular flexibility index (Phi) is 5.45. The van der Waals surface area contributed by atoms with Crippen LogP contribution in [0.3, 0.4) is 0 Å². The summed E-state index contributed by atoms with van der Waals surface area (Å²) in [5.41, 5.74) is 2.87. The Hall–Kier alpha value is -2.99. The van der Waals surface area contributed by atoms with Crippen LogP contribution in [0.4, 0.5) is 0 Å². The van der Waals surface area contributed by atoms with E-state index in [0.717, 1.165) is 48.1 Å². The maximum absolute atomic E-state index is 12.9. The lowest BCUT2D eigenvalue weighted by molar-refractivity contribution is 0.0944. The van der Waals surface area contributed by atoms with Crippen molar-refractivity contribution in [3.05, 3.63) is 76.1 Å². The molecule has 0 fully saturated rings. The number of hydrogen-bond donors (Lipinski definition) is 1. The first-order chi connectivity index (χ1) is 14.0. The molecule has 3 aromatic rings. The molecule has 0 radical (unpaired) electrons. The number of rotatable bonds is 6. The van der Waals surface area contributed by atoms with E-state index in [9.17, 15) is 4.79 Å². The summed E-state index contributed by atoms with van der Waals surface area (Å²) in [4.78, 5) is 15.2. The summed E-state index contributed by atoms with van der Waals surface area (Å²) in [6, 6.07) is 11.9. The Morgan fingerprint density at radius 2 is 1.93 bits per heavy atom. The van der Waals surface area contributed by atoms with Crippen molar-refractivity contribution < 1.29 is 18.4 Å². The van der Waals surface area contributed by atoms with Gasteiger partial charge in [-0.3, -0.25) is 9.69 Å². The Bertz CT molecular complexity index is 1000. The predicted molar refractivity (Wildman–Crippen MR) is 109 cm³/mol. The minimum atomic E-state index is -0.118. The van der Waals surface area contributed by atoms with Gasteiger partial charge in [-0.2, -0.15) is 0 Å². The number of carbonyl (C=O) groups is 1. The standard InChI is InChI=1S/C23H26N2O4/c1-15-4-7-19(28-15)12-24-23(26)22-16(2)29-21-10-11-25(14-20(21)22)13-17-5-8-18(27-3)9-6-17/h4-9H,10-14H2,1-3H3,(H,24,26). The van der Waals surface area contributed by atoms with E-state index in [1.165, 1.54) is 5.56 Å². The van der Waals surface area contributed by atoms with Crippen LogP contribution < -0.4 is 10.1 Å². The monoisotopic (exact) mass is 394 g/mol. The highest BCUT2D eigenvalue weighted by Gasteiger charge is 2.28. The van der Waals surface area contributed by atoms with Crippen molar-refractivity contribution in [3.63, 3.8) is 0 Å². The molecule has 6 nitrogen and oxygen atoms in total. The van der Waals surface area contributed by atoms with Crippen molar-refractivity contribution in [2.45, 2.75) is 39.9 Å². The molecular formula is C23H26N2O4. The van der Waals surface area contributed by atoms with E-state index < -0.39 is 0 Å². The molecule has 0 atom stereocenters. The summed E-state index contributed by atoms with van der Waals surface area (Å²) in [6.45, 7) is 6.53. The molecule has 29 heavy (non-hydrogen) atoms. The largest absolute Gasteiger partial charge is 0.497 e. The highest BCUT2D eigenvalue weighted by Crippen LogP contribution is 2.29. The molecule has 0 spiro atoms. The van der Waals surface area contributed by atoms with Crippen LogP contribution in [-0.4, -0.2) is 24.5 Å². The highest BCUT2D eigenvalue weighted by molar-refractivity contribution is 5.97. The number of furan rings is 2. The number of carbonyl (C=O) groups excluding carboxylic acids is 1. The third-order valence-electron chi connectivity index (χ3n) is 5.32. The maximum Gasteiger partial charge on any atom is 0.255 e. The molecule has 0 saturated heterocycles. The summed E-state index contributed by atoms with van der Waals surface area (Å²) >= 11 is 0. The number of nitrogens with one attached hydrogen (secondary N) is 1. The molecule has 152 valence electrons. The van der Waals surface area contributed by atoms with Gasteiger partial charge >= 0.3 is 0 Å². The lowest BCUT2D eigenvalue weighted by atomic mass is 10.0. The number of aryl methyl sites for hydroxylation is 2. The van der Waals surface area contributed by atoms with Crippen LogP contribution in [0.15, 0.2) is 45.2 Å². The summed E-state index contributed by atoms with van der Waals surface area (Å²) in [5.74, 6) is 3.91. The molecule has 1 aliphatic rings. The van der Waals surface area contributed by atoms with Gasteiger partial charge in [-0.05, 0) is 43.7 Å². The van der Waals surface area contributed by atoms with Gasteiger partial charge in [-0.25, -0.2) is 0 Å². The fraction of sp³-hybridized carbons (Fsp3) is 0.348. The zero-order chi connectivity index (χ0) is 20.4. The van der Waals surface area contributed by atoms with Crippen LogP contribution in [-0.2, 0) is 26.1 Å². The maximum atomic E-state index is 12.9. The van der Waals surface area contributed by atoms with Gasteiger partial charge in [0.1, 0.15) is 28.8 Å². The number of amides is 1. The molecule has 2 aromatic heterocycles. The quantitative estimate of drug-likeness (QED) is 0.685. The smallest absolute Gasteiger partial charge is 0.255 e. The SMILES string of the molecule is COc1ccc(CN2CCc3oc(C)c(C(=O)NCc4ccc(C)o4)c3C2)cc1. The number of ether oxygens (including phenoxy) is 1. The summed E-state index contributed by atoms with van der Waals surface area (Å²) in [6.07, 6.45) is 0.803. The van der Waals surface area contributed by atoms with Crippen LogP contribution in [0.2, 0.25) is 0 Å². The van der Waals surface area contributed by atoms with Crippen molar-refractivity contribution >= 4 is 5.91 Å². The Labute approximate surface area is 170 Å². The predicted octanol–water partition coefficient (Wildman–Crippen LogP) is 3.99. The number of hydrogen-bond acceptors (Lipinski definition) is 5. The molecular weight excluding hydrogens is 368 g/mol. The first kappa shape index (κ1) is 19.3. The van der Waals surface area contributed by atoms with E-state index in [-0.39, 0.29) is 5.91 Å². The topological polar surface area (TPSA) is 67.8 Å². The molecule has 0 saturated carbocycles. The third kappa shape index (κ3) is 4.22. The van der Waals surface area contributed by atoms with Gasteiger partial charge in [0.25, 0.3) is 5.91 Å². The van der Waals surface area contributed by atoms with Gasteiger partial charge in [0.2, 0.25) is 0 Å². The zero-order valence-electron chi connectivity index (χ0n) is 17.1. The van der Waals surface area contributed by atoms with Crippen LogP contribution in [0, 0.1) is 13.8 Å². The Morgan fingerprint density at radius 1 is 1.14 bits per heavy atom. The number of benzene rings is 1. The van der Waals surface area contributed by atoms with E-state index in [2.05, 4.69) is 22.3 Å². The van der Waals surface area contributed by atoms with Gasteiger partial charge in [0, 0.05) is 31.6 Å². The minimum absolute atomic E-state index is 0.118. The second-order valence-corrected chi connectivity index (χ2v) is 7.44. The fourth-order valence-corrected chi connectivity index (χ4v) is 3.84. The second kappa shape index (κ2) is 8.17. The van der Waals surface area contributed by atoms with Crippen molar-refractivity contribution in [1.29, 1.82) is 0 Å². The van der Waals surface area contributed by atoms with E-state index in [1.807, 2.05) is 38.1 Å². The first-order valence-corrected chi connectivity index (χ1v) is 9.83. The Balaban J connectivity index is 1.46. The lowest BCUT2D eigenvalue weighted by Crippen LogP contribution is -2.31.